The van der Waals surface area contributed by atoms with Crippen LogP contribution in [0.2, 0.25) is 0 Å². The van der Waals surface area contributed by atoms with E-state index in [4.69, 9.17) is 5.73 Å². The van der Waals surface area contributed by atoms with Gasteiger partial charge in [0.1, 0.15) is 0 Å². The van der Waals surface area contributed by atoms with E-state index < -0.39 is 0 Å². The molecule has 1 aliphatic carbocycles. The first-order valence-electron chi connectivity index (χ1n) is 4.11. The van der Waals surface area contributed by atoms with E-state index in [1.165, 1.54) is 19.3 Å². The lowest BCUT2D eigenvalue weighted by molar-refractivity contribution is 0.275. The SMILES string of the molecule is CCC1(C)CC=C(N)CC1. The van der Waals surface area contributed by atoms with Gasteiger partial charge in [-0.1, -0.05) is 26.3 Å². The second kappa shape index (κ2) is 2.65. The summed E-state index contributed by atoms with van der Waals surface area (Å²) < 4.78 is 0. The van der Waals surface area contributed by atoms with Gasteiger partial charge >= 0.3 is 0 Å². The maximum absolute atomic E-state index is 5.67. The van der Waals surface area contributed by atoms with Gasteiger partial charge in [-0.2, -0.15) is 0 Å². The molecule has 0 radical (unpaired) electrons. The van der Waals surface area contributed by atoms with E-state index in [-0.39, 0.29) is 0 Å². The molecule has 0 aromatic carbocycles. The largest absolute Gasteiger partial charge is 0.402 e. The van der Waals surface area contributed by atoms with Crippen LogP contribution in [0.3, 0.4) is 0 Å². The van der Waals surface area contributed by atoms with Gasteiger partial charge in [0.2, 0.25) is 0 Å². The zero-order chi connectivity index (χ0) is 7.61. The minimum absolute atomic E-state index is 0.545. The van der Waals surface area contributed by atoms with E-state index in [1.54, 1.807) is 0 Å². The molecule has 0 amide bonds. The fourth-order valence-electron chi connectivity index (χ4n) is 1.35. The van der Waals surface area contributed by atoms with E-state index in [9.17, 15) is 0 Å². The lowest BCUT2D eigenvalue weighted by Crippen LogP contribution is -2.19. The molecule has 0 saturated carbocycles. The third-order valence-electron chi connectivity index (χ3n) is 2.73. The Morgan fingerprint density at radius 3 is 2.80 bits per heavy atom. The number of allylic oxidation sites excluding steroid dienone is 2. The van der Waals surface area contributed by atoms with Crippen molar-refractivity contribution in [2.45, 2.75) is 39.5 Å². The van der Waals surface area contributed by atoms with Crippen LogP contribution in [0.25, 0.3) is 0 Å². The zero-order valence-corrected chi connectivity index (χ0v) is 6.98. The van der Waals surface area contributed by atoms with Crippen molar-refractivity contribution >= 4 is 0 Å². The van der Waals surface area contributed by atoms with Crippen molar-refractivity contribution in [1.29, 1.82) is 0 Å². The zero-order valence-electron chi connectivity index (χ0n) is 6.98. The Hall–Kier alpha value is -0.460. The summed E-state index contributed by atoms with van der Waals surface area (Å²) in [7, 11) is 0. The maximum Gasteiger partial charge on any atom is 0.00403 e. The van der Waals surface area contributed by atoms with Crippen LogP contribution in [-0.4, -0.2) is 0 Å². The lowest BCUT2D eigenvalue weighted by atomic mass is 9.76. The predicted molar refractivity (Wildman–Crippen MR) is 44.5 cm³/mol. The van der Waals surface area contributed by atoms with Crippen molar-refractivity contribution in [3.05, 3.63) is 11.8 Å². The van der Waals surface area contributed by atoms with Gasteiger partial charge in [0, 0.05) is 5.70 Å². The minimum Gasteiger partial charge on any atom is -0.402 e. The Morgan fingerprint density at radius 2 is 2.40 bits per heavy atom. The van der Waals surface area contributed by atoms with Gasteiger partial charge in [0.25, 0.3) is 0 Å². The van der Waals surface area contributed by atoms with Crippen LogP contribution in [0.1, 0.15) is 39.5 Å². The molecule has 58 valence electrons. The van der Waals surface area contributed by atoms with Crippen LogP contribution in [0.5, 0.6) is 0 Å². The average molecular weight is 139 g/mol. The van der Waals surface area contributed by atoms with Crippen LogP contribution in [-0.2, 0) is 0 Å². The highest BCUT2D eigenvalue weighted by Crippen LogP contribution is 2.36. The number of rotatable bonds is 1. The van der Waals surface area contributed by atoms with Crippen LogP contribution in [0.4, 0.5) is 0 Å². The number of nitrogens with two attached hydrogens (primary N) is 1. The normalized spacial score (nSPS) is 33.6. The fraction of sp³-hybridized carbons (Fsp3) is 0.778. The van der Waals surface area contributed by atoms with Crippen LogP contribution < -0.4 is 5.73 Å². The molecule has 0 aliphatic heterocycles. The first-order valence-corrected chi connectivity index (χ1v) is 4.11. The number of hydrogen-bond acceptors (Lipinski definition) is 1. The first kappa shape index (κ1) is 7.64. The molecule has 1 heteroatoms. The van der Waals surface area contributed by atoms with Gasteiger partial charge in [0.15, 0.2) is 0 Å². The van der Waals surface area contributed by atoms with E-state index in [0.29, 0.717) is 5.41 Å². The summed E-state index contributed by atoms with van der Waals surface area (Å²) >= 11 is 0. The van der Waals surface area contributed by atoms with Crippen molar-refractivity contribution in [2.24, 2.45) is 11.1 Å². The topological polar surface area (TPSA) is 26.0 Å². The standard InChI is InChI=1S/C9H17N/c1-3-9(2)6-4-8(10)5-7-9/h4H,3,5-7,10H2,1-2H3. The molecule has 10 heavy (non-hydrogen) atoms. The highest BCUT2D eigenvalue weighted by molar-refractivity contribution is 5.04. The van der Waals surface area contributed by atoms with E-state index in [2.05, 4.69) is 19.9 Å². The summed E-state index contributed by atoms with van der Waals surface area (Å²) in [5, 5.41) is 0. The van der Waals surface area contributed by atoms with Gasteiger partial charge in [-0.15, -0.1) is 0 Å². The average Bonchev–Trinajstić information content (AvgIpc) is 1.96. The second-order valence-corrected chi connectivity index (χ2v) is 3.65. The molecule has 0 fully saturated rings. The molecule has 1 atom stereocenters. The molecule has 1 rings (SSSR count). The van der Waals surface area contributed by atoms with Gasteiger partial charge in [0.05, 0.1) is 0 Å². The third kappa shape index (κ3) is 1.53. The summed E-state index contributed by atoms with van der Waals surface area (Å²) in [6.45, 7) is 4.60. The second-order valence-electron chi connectivity index (χ2n) is 3.65. The first-order chi connectivity index (χ1) is 4.66. The van der Waals surface area contributed by atoms with Gasteiger partial charge in [-0.3, -0.25) is 0 Å². The third-order valence-corrected chi connectivity index (χ3v) is 2.73. The van der Waals surface area contributed by atoms with Crippen LogP contribution in [0, 0.1) is 5.41 Å². The molecule has 1 nitrogen and oxygen atoms in total. The molecule has 0 bridgehead atoms. The molecular weight excluding hydrogens is 122 g/mol. The molecule has 0 aromatic rings. The Bertz CT molecular complexity index is 149. The van der Waals surface area contributed by atoms with Gasteiger partial charge < -0.3 is 5.73 Å². The van der Waals surface area contributed by atoms with E-state index in [0.717, 1.165) is 12.1 Å². The smallest absolute Gasteiger partial charge is 0.00403 e. The van der Waals surface area contributed by atoms with Crippen molar-refractivity contribution in [2.75, 3.05) is 0 Å². The highest BCUT2D eigenvalue weighted by Gasteiger charge is 2.23. The van der Waals surface area contributed by atoms with Crippen molar-refractivity contribution < 1.29 is 0 Å². The van der Waals surface area contributed by atoms with Crippen molar-refractivity contribution in [3.8, 4) is 0 Å². The molecule has 1 unspecified atom stereocenters. The van der Waals surface area contributed by atoms with E-state index >= 15 is 0 Å². The molecule has 0 saturated heterocycles. The quantitative estimate of drug-likeness (QED) is 0.593. The predicted octanol–water partition coefficient (Wildman–Crippen LogP) is 2.43. The van der Waals surface area contributed by atoms with Crippen molar-refractivity contribution in [3.63, 3.8) is 0 Å². The molecule has 1 aliphatic rings. The molecule has 0 aromatic heterocycles. The Balaban J connectivity index is 2.56. The van der Waals surface area contributed by atoms with Crippen molar-refractivity contribution in [1.82, 2.24) is 0 Å². The summed E-state index contributed by atoms with van der Waals surface area (Å²) in [5.74, 6) is 0. The summed E-state index contributed by atoms with van der Waals surface area (Å²) in [4.78, 5) is 0. The van der Waals surface area contributed by atoms with Gasteiger partial charge in [-0.25, -0.2) is 0 Å². The fourth-order valence-corrected chi connectivity index (χ4v) is 1.35. The maximum atomic E-state index is 5.67. The van der Waals surface area contributed by atoms with E-state index in [1.807, 2.05) is 0 Å². The Morgan fingerprint density at radius 1 is 1.70 bits per heavy atom. The summed E-state index contributed by atoms with van der Waals surface area (Å²) in [5.41, 5.74) is 7.30. The van der Waals surface area contributed by atoms with Gasteiger partial charge in [-0.05, 0) is 24.7 Å². The van der Waals surface area contributed by atoms with Crippen LogP contribution >= 0.6 is 0 Å². The summed E-state index contributed by atoms with van der Waals surface area (Å²) in [6, 6.07) is 0. The minimum atomic E-state index is 0.545. The molecule has 2 N–H and O–H groups in total. The lowest BCUT2D eigenvalue weighted by Gasteiger charge is -2.30. The highest BCUT2D eigenvalue weighted by atomic mass is 14.6. The molecule has 0 spiro atoms. The summed E-state index contributed by atoms with van der Waals surface area (Å²) in [6.07, 6.45) is 7.01. The molecular formula is C9H17N. The van der Waals surface area contributed by atoms with Crippen LogP contribution in [0.15, 0.2) is 11.8 Å². The Labute approximate surface area is 63.3 Å². The number of hydrogen-bond donors (Lipinski definition) is 1. The Kier molecular flexibility index (Phi) is 2.02. The monoisotopic (exact) mass is 139 g/mol. The molecule has 0 heterocycles.